The summed E-state index contributed by atoms with van der Waals surface area (Å²) in [5.74, 6) is -0.0580. The molecule has 0 saturated carbocycles. The van der Waals surface area contributed by atoms with E-state index in [9.17, 15) is 4.79 Å². The number of rotatable bonds is 4. The minimum atomic E-state index is -0.0580. The van der Waals surface area contributed by atoms with E-state index in [1.807, 2.05) is 37.3 Å². The van der Waals surface area contributed by atoms with Gasteiger partial charge in [0.2, 0.25) is 0 Å². The molecule has 0 radical (unpaired) electrons. The van der Waals surface area contributed by atoms with E-state index >= 15 is 0 Å². The predicted molar refractivity (Wildman–Crippen MR) is 79.6 cm³/mol. The molecule has 1 amide bonds. The lowest BCUT2D eigenvalue weighted by Crippen LogP contribution is -2.12. The fraction of sp³-hybridized carbons (Fsp3) is 0.235. The van der Waals surface area contributed by atoms with Crippen LogP contribution >= 0.6 is 0 Å². The molecular formula is C17H19NO. The molecule has 0 spiro atoms. The maximum Gasteiger partial charge on any atom is 0.255 e. The van der Waals surface area contributed by atoms with Crippen LogP contribution in [0.15, 0.2) is 48.5 Å². The SMILES string of the molecule is CCCc1ccc(C)c(NC(=O)c2ccccc2)c1. The van der Waals surface area contributed by atoms with Crippen molar-refractivity contribution in [3.05, 3.63) is 65.2 Å². The standard InChI is InChI=1S/C17H19NO/c1-3-7-14-11-10-13(2)16(12-14)18-17(19)15-8-5-4-6-9-15/h4-6,8-12H,3,7H2,1-2H3,(H,18,19). The van der Waals surface area contributed by atoms with Crippen LogP contribution in [0.25, 0.3) is 0 Å². The molecule has 0 atom stereocenters. The molecule has 98 valence electrons. The van der Waals surface area contributed by atoms with Crippen LogP contribution in [0, 0.1) is 6.92 Å². The topological polar surface area (TPSA) is 29.1 Å². The summed E-state index contributed by atoms with van der Waals surface area (Å²) in [5, 5.41) is 2.99. The molecule has 1 N–H and O–H groups in total. The Morgan fingerprint density at radius 1 is 1.11 bits per heavy atom. The summed E-state index contributed by atoms with van der Waals surface area (Å²) in [5.41, 5.74) is 3.93. The first-order chi connectivity index (χ1) is 9.20. The second kappa shape index (κ2) is 6.19. The molecule has 2 heteroatoms. The lowest BCUT2D eigenvalue weighted by molar-refractivity contribution is 0.102. The molecule has 0 bridgehead atoms. The molecule has 2 aromatic carbocycles. The molecule has 0 saturated heterocycles. The Labute approximate surface area is 114 Å². The van der Waals surface area contributed by atoms with Gasteiger partial charge < -0.3 is 5.32 Å². The highest BCUT2D eigenvalue weighted by atomic mass is 16.1. The summed E-state index contributed by atoms with van der Waals surface area (Å²) >= 11 is 0. The lowest BCUT2D eigenvalue weighted by Gasteiger charge is -2.10. The molecule has 0 aliphatic rings. The summed E-state index contributed by atoms with van der Waals surface area (Å²) in [6.07, 6.45) is 2.14. The van der Waals surface area contributed by atoms with Crippen molar-refractivity contribution in [2.24, 2.45) is 0 Å². The van der Waals surface area contributed by atoms with Crippen LogP contribution in [0.3, 0.4) is 0 Å². The number of amides is 1. The molecule has 2 nitrogen and oxygen atoms in total. The maximum absolute atomic E-state index is 12.1. The minimum Gasteiger partial charge on any atom is -0.322 e. The van der Waals surface area contributed by atoms with Gasteiger partial charge in [0.25, 0.3) is 5.91 Å². The first-order valence-electron chi connectivity index (χ1n) is 6.66. The van der Waals surface area contributed by atoms with Crippen molar-refractivity contribution >= 4 is 11.6 Å². The Morgan fingerprint density at radius 2 is 1.84 bits per heavy atom. The molecule has 2 rings (SSSR count). The number of carbonyl (C=O) groups excluding carboxylic acids is 1. The van der Waals surface area contributed by atoms with Gasteiger partial charge in [0.1, 0.15) is 0 Å². The zero-order chi connectivity index (χ0) is 13.7. The van der Waals surface area contributed by atoms with Crippen LogP contribution in [-0.2, 0) is 6.42 Å². The number of hydrogen-bond acceptors (Lipinski definition) is 1. The lowest BCUT2D eigenvalue weighted by atomic mass is 10.1. The van der Waals surface area contributed by atoms with E-state index in [1.54, 1.807) is 0 Å². The molecule has 0 unspecified atom stereocenters. The van der Waals surface area contributed by atoms with Gasteiger partial charge in [-0.3, -0.25) is 4.79 Å². The number of aryl methyl sites for hydroxylation is 2. The third-order valence-electron chi connectivity index (χ3n) is 3.12. The largest absolute Gasteiger partial charge is 0.322 e. The highest BCUT2D eigenvalue weighted by Gasteiger charge is 2.07. The Morgan fingerprint density at radius 3 is 2.53 bits per heavy atom. The zero-order valence-corrected chi connectivity index (χ0v) is 11.4. The fourth-order valence-electron chi connectivity index (χ4n) is 2.03. The predicted octanol–water partition coefficient (Wildman–Crippen LogP) is 4.20. The van der Waals surface area contributed by atoms with Crippen LogP contribution in [0.2, 0.25) is 0 Å². The molecule has 19 heavy (non-hydrogen) atoms. The van der Waals surface area contributed by atoms with Gasteiger partial charge in [-0.05, 0) is 42.7 Å². The molecular weight excluding hydrogens is 234 g/mol. The normalized spacial score (nSPS) is 10.2. The summed E-state index contributed by atoms with van der Waals surface area (Å²) in [7, 11) is 0. The van der Waals surface area contributed by atoms with Crippen LogP contribution in [0.5, 0.6) is 0 Å². The van der Waals surface area contributed by atoms with E-state index < -0.39 is 0 Å². The molecule has 0 aliphatic carbocycles. The first-order valence-corrected chi connectivity index (χ1v) is 6.66. The quantitative estimate of drug-likeness (QED) is 0.869. The second-order valence-corrected chi connectivity index (χ2v) is 4.72. The van der Waals surface area contributed by atoms with E-state index in [4.69, 9.17) is 0 Å². The average Bonchev–Trinajstić information content (AvgIpc) is 2.44. The van der Waals surface area contributed by atoms with Crippen molar-refractivity contribution in [2.45, 2.75) is 26.7 Å². The Hall–Kier alpha value is -2.09. The summed E-state index contributed by atoms with van der Waals surface area (Å²) in [6, 6.07) is 15.5. The van der Waals surface area contributed by atoms with Crippen molar-refractivity contribution in [3.63, 3.8) is 0 Å². The van der Waals surface area contributed by atoms with E-state index in [1.165, 1.54) is 5.56 Å². The Bertz CT molecular complexity index is 561. The number of benzene rings is 2. The van der Waals surface area contributed by atoms with Gasteiger partial charge in [0.05, 0.1) is 0 Å². The highest BCUT2D eigenvalue weighted by molar-refractivity contribution is 6.04. The average molecular weight is 253 g/mol. The molecule has 0 aliphatic heterocycles. The summed E-state index contributed by atoms with van der Waals surface area (Å²) in [6.45, 7) is 4.17. The van der Waals surface area contributed by atoms with Gasteiger partial charge in [-0.15, -0.1) is 0 Å². The van der Waals surface area contributed by atoms with Crippen molar-refractivity contribution < 1.29 is 4.79 Å². The van der Waals surface area contributed by atoms with E-state index in [0.29, 0.717) is 5.56 Å². The number of hydrogen-bond donors (Lipinski definition) is 1. The van der Waals surface area contributed by atoms with Crippen LogP contribution in [-0.4, -0.2) is 5.91 Å². The number of carbonyl (C=O) groups is 1. The van der Waals surface area contributed by atoms with Gasteiger partial charge in [-0.2, -0.15) is 0 Å². The Balaban J connectivity index is 2.18. The molecule has 0 aromatic heterocycles. The Kier molecular flexibility index (Phi) is 4.35. The zero-order valence-electron chi connectivity index (χ0n) is 11.4. The molecule has 0 heterocycles. The third-order valence-corrected chi connectivity index (χ3v) is 3.12. The smallest absolute Gasteiger partial charge is 0.255 e. The second-order valence-electron chi connectivity index (χ2n) is 4.72. The monoisotopic (exact) mass is 253 g/mol. The van der Waals surface area contributed by atoms with Gasteiger partial charge in [-0.1, -0.05) is 43.7 Å². The maximum atomic E-state index is 12.1. The van der Waals surface area contributed by atoms with Gasteiger partial charge in [-0.25, -0.2) is 0 Å². The van der Waals surface area contributed by atoms with E-state index in [-0.39, 0.29) is 5.91 Å². The fourth-order valence-corrected chi connectivity index (χ4v) is 2.03. The number of nitrogens with one attached hydrogen (secondary N) is 1. The van der Waals surface area contributed by atoms with E-state index in [2.05, 4.69) is 30.4 Å². The summed E-state index contributed by atoms with van der Waals surface area (Å²) in [4.78, 5) is 12.1. The third kappa shape index (κ3) is 3.44. The van der Waals surface area contributed by atoms with Gasteiger partial charge in [0.15, 0.2) is 0 Å². The first kappa shape index (κ1) is 13.3. The summed E-state index contributed by atoms with van der Waals surface area (Å²) < 4.78 is 0. The van der Waals surface area contributed by atoms with Crippen LogP contribution in [0.4, 0.5) is 5.69 Å². The van der Waals surface area contributed by atoms with Gasteiger partial charge in [0, 0.05) is 11.3 Å². The van der Waals surface area contributed by atoms with Crippen molar-refractivity contribution in [1.82, 2.24) is 0 Å². The molecule has 2 aromatic rings. The van der Waals surface area contributed by atoms with Crippen LogP contribution < -0.4 is 5.32 Å². The van der Waals surface area contributed by atoms with Crippen molar-refractivity contribution in [3.8, 4) is 0 Å². The van der Waals surface area contributed by atoms with Crippen molar-refractivity contribution in [1.29, 1.82) is 0 Å². The highest BCUT2D eigenvalue weighted by Crippen LogP contribution is 2.19. The van der Waals surface area contributed by atoms with E-state index in [0.717, 1.165) is 24.1 Å². The number of anilines is 1. The minimum absolute atomic E-state index is 0.0580. The van der Waals surface area contributed by atoms with Gasteiger partial charge >= 0.3 is 0 Å². The molecule has 0 fully saturated rings. The van der Waals surface area contributed by atoms with Crippen molar-refractivity contribution in [2.75, 3.05) is 5.32 Å². The van der Waals surface area contributed by atoms with Crippen LogP contribution in [0.1, 0.15) is 34.8 Å².